The Kier molecular flexibility index (Phi) is 7.26. The summed E-state index contributed by atoms with van der Waals surface area (Å²) in [6, 6.07) is 1.37. The summed E-state index contributed by atoms with van der Waals surface area (Å²) in [5.41, 5.74) is 1.63. The Labute approximate surface area is 166 Å². The predicted octanol–water partition coefficient (Wildman–Crippen LogP) is 2.29. The van der Waals surface area contributed by atoms with Gasteiger partial charge in [-0.3, -0.25) is 14.7 Å². The van der Waals surface area contributed by atoms with Crippen LogP contribution in [0.2, 0.25) is 0 Å². The maximum Gasteiger partial charge on any atom is 0.263 e. The van der Waals surface area contributed by atoms with E-state index in [1.807, 2.05) is 10.2 Å². The van der Waals surface area contributed by atoms with Gasteiger partial charge in [-0.25, -0.2) is 8.78 Å². The average Bonchev–Trinajstić information content (AvgIpc) is 2.93. The molecule has 1 N–H and O–H groups in total. The largest absolute Gasteiger partial charge is 0.341 e. The second-order valence-electron chi connectivity index (χ2n) is 6.17. The third-order valence-corrected chi connectivity index (χ3v) is 5.09. The summed E-state index contributed by atoms with van der Waals surface area (Å²) in [5.74, 6) is -3.47. The topological polar surface area (TPSA) is 86.1 Å². The van der Waals surface area contributed by atoms with Gasteiger partial charge in [0.05, 0.1) is 24.3 Å². The lowest BCUT2D eigenvalue weighted by Crippen LogP contribution is -2.46. The number of hydrogen-bond acceptors (Lipinski definition) is 5. The molecule has 144 valence electrons. The van der Waals surface area contributed by atoms with E-state index < -0.39 is 36.9 Å². The van der Waals surface area contributed by atoms with Crippen LogP contribution in [0.25, 0.3) is 6.08 Å². The normalized spacial score (nSPS) is 20.3. The first-order valence-electron chi connectivity index (χ1n) is 8.08. The molecule has 27 heavy (non-hydrogen) atoms. The molecule has 0 bridgehead atoms. The summed E-state index contributed by atoms with van der Waals surface area (Å²) in [4.78, 5) is 29.4. The molecule has 1 aromatic rings. The number of nitrogens with zero attached hydrogens (tertiary/aromatic N) is 3. The van der Waals surface area contributed by atoms with Gasteiger partial charge in [-0.1, -0.05) is 4.51 Å². The Hall–Kier alpha value is -2.06. The zero-order valence-electron chi connectivity index (χ0n) is 14.7. The second kappa shape index (κ2) is 9.23. The van der Waals surface area contributed by atoms with Gasteiger partial charge in [0.1, 0.15) is 12.3 Å². The quantitative estimate of drug-likeness (QED) is 0.471. The highest BCUT2D eigenvalue weighted by molar-refractivity contribution is 14.2. The van der Waals surface area contributed by atoms with Crippen LogP contribution in [0, 0.1) is 18.3 Å². The molecule has 6 nitrogen and oxygen atoms in total. The van der Waals surface area contributed by atoms with Crippen molar-refractivity contribution in [1.29, 1.82) is 5.26 Å². The number of halogens is 3. The molecule has 0 aromatic carbocycles. The molecule has 0 spiro atoms. The van der Waals surface area contributed by atoms with E-state index >= 15 is 0 Å². The van der Waals surface area contributed by atoms with Crippen molar-refractivity contribution in [1.82, 2.24) is 15.2 Å². The number of carbonyl (C=O) groups is 2. The molecule has 1 amide bonds. The van der Waals surface area contributed by atoms with Crippen molar-refractivity contribution in [2.24, 2.45) is 0 Å². The Morgan fingerprint density at radius 2 is 2.41 bits per heavy atom. The number of aromatic nitrogens is 1. The van der Waals surface area contributed by atoms with Crippen LogP contribution in [-0.4, -0.2) is 57.7 Å². The first-order chi connectivity index (χ1) is 12.8. The summed E-state index contributed by atoms with van der Waals surface area (Å²) in [6.45, 7) is 0.986. The van der Waals surface area contributed by atoms with E-state index in [0.717, 1.165) is 0 Å². The average molecular weight is 488 g/mol. The molecule has 2 atom stereocenters. The number of likely N-dealkylation sites (tertiary alicyclic amines) is 1. The van der Waals surface area contributed by atoms with E-state index in [2.05, 4.69) is 14.8 Å². The third-order valence-electron chi connectivity index (χ3n) is 4.23. The maximum absolute atomic E-state index is 13.5. The van der Waals surface area contributed by atoms with Gasteiger partial charge in [-0.2, -0.15) is 5.26 Å². The summed E-state index contributed by atoms with van der Waals surface area (Å²) < 4.78 is 32.8. The fourth-order valence-corrected chi connectivity index (χ4v) is 3.49. The van der Waals surface area contributed by atoms with Crippen molar-refractivity contribution in [3.63, 3.8) is 0 Å². The van der Waals surface area contributed by atoms with Crippen LogP contribution in [0.5, 0.6) is 0 Å². The molecular formula is C18H19F2IN4O2. The number of hydrogen-bond donors (Lipinski definition) is 1. The molecular weight excluding hydrogens is 469 g/mol. The molecule has 1 aromatic heterocycles. The Morgan fingerprint density at radius 1 is 1.67 bits per heavy atom. The minimum atomic E-state index is -2.97. The van der Waals surface area contributed by atoms with E-state index in [9.17, 15) is 18.4 Å². The minimum Gasteiger partial charge on any atom is -0.341 e. The van der Waals surface area contributed by atoms with Crippen LogP contribution in [0.1, 0.15) is 28.0 Å². The maximum atomic E-state index is 13.5. The van der Waals surface area contributed by atoms with E-state index in [1.165, 1.54) is 17.2 Å². The first kappa shape index (κ1) is 21.2. The van der Waals surface area contributed by atoms with Gasteiger partial charge in [0.2, 0.25) is 0 Å². The zero-order chi connectivity index (χ0) is 20.0. The highest BCUT2D eigenvalue weighted by Crippen LogP contribution is 2.31. The van der Waals surface area contributed by atoms with Gasteiger partial charge >= 0.3 is 0 Å². The highest BCUT2D eigenvalue weighted by Gasteiger charge is 2.45. The van der Waals surface area contributed by atoms with Crippen LogP contribution in [0.3, 0.4) is 0 Å². The Bertz CT molecular complexity index is 807. The number of carbonyl (C=O) groups excluding carboxylic acids is 2. The second-order valence-corrected chi connectivity index (χ2v) is 7.77. The van der Waals surface area contributed by atoms with E-state index in [-0.39, 0.29) is 27.3 Å². The summed E-state index contributed by atoms with van der Waals surface area (Å²) in [5, 5.41) is 11.6. The monoisotopic (exact) mass is 488 g/mol. The third kappa shape index (κ3) is 5.46. The number of nitriles is 1. The molecule has 2 heterocycles. The molecule has 9 heteroatoms. The molecule has 0 saturated carbocycles. The zero-order valence-corrected chi connectivity index (χ0v) is 16.8. The van der Waals surface area contributed by atoms with Gasteiger partial charge in [-0.15, -0.1) is 20.7 Å². The van der Waals surface area contributed by atoms with Crippen LogP contribution in [0.15, 0.2) is 16.3 Å². The molecule has 0 aliphatic carbocycles. The summed E-state index contributed by atoms with van der Waals surface area (Å²) in [6.07, 6.45) is 3.21. The highest BCUT2D eigenvalue weighted by atomic mass is 127. The van der Waals surface area contributed by atoms with Crippen molar-refractivity contribution in [3.05, 3.63) is 33.2 Å². The van der Waals surface area contributed by atoms with Gasteiger partial charge in [0.25, 0.3) is 11.8 Å². The molecule has 1 aliphatic heterocycles. The Morgan fingerprint density at radius 3 is 3.04 bits per heavy atom. The minimum absolute atomic E-state index is 0.147. The van der Waals surface area contributed by atoms with Crippen molar-refractivity contribution in [3.8, 4) is 6.07 Å². The summed E-state index contributed by atoms with van der Waals surface area (Å²) in [7, 11) is 0. The van der Waals surface area contributed by atoms with Gasteiger partial charge in [-0.05, 0) is 28.7 Å². The lowest BCUT2D eigenvalue weighted by atomic mass is 10.1. The van der Waals surface area contributed by atoms with Crippen LogP contribution < -0.4 is 5.32 Å². The SMILES string of the molecule is C=I/C=C\c1nccc(C(=O)NC(C=O)CN2CC(F)(F)C[C@H]2C#N)c1C. The van der Waals surface area contributed by atoms with Gasteiger partial charge < -0.3 is 10.1 Å². The van der Waals surface area contributed by atoms with Crippen LogP contribution in [-0.2, 0) is 4.79 Å². The molecule has 2 rings (SSSR count). The van der Waals surface area contributed by atoms with Crippen LogP contribution in [0.4, 0.5) is 8.78 Å². The van der Waals surface area contributed by atoms with E-state index in [4.69, 9.17) is 5.26 Å². The number of amides is 1. The van der Waals surface area contributed by atoms with E-state index in [1.54, 1.807) is 13.0 Å². The van der Waals surface area contributed by atoms with Crippen LogP contribution >= 0.6 is 20.7 Å². The number of nitrogens with one attached hydrogen (secondary N) is 1. The van der Waals surface area contributed by atoms with Crippen molar-refractivity contribution >= 4 is 43.5 Å². The fraction of sp³-hybridized carbons (Fsp3) is 0.389. The first-order valence-corrected chi connectivity index (χ1v) is 10.8. The predicted molar refractivity (Wildman–Crippen MR) is 107 cm³/mol. The van der Waals surface area contributed by atoms with Gasteiger partial charge in [0, 0.05) is 24.7 Å². The molecule has 1 aliphatic rings. The molecule has 1 saturated heterocycles. The Balaban J connectivity index is 2.12. The van der Waals surface area contributed by atoms with Crippen molar-refractivity contribution < 1.29 is 18.4 Å². The molecule has 0 radical (unpaired) electrons. The number of pyridine rings is 1. The molecule has 1 unspecified atom stereocenters. The lowest BCUT2D eigenvalue weighted by Gasteiger charge is -2.23. The smallest absolute Gasteiger partial charge is 0.263 e. The fourth-order valence-electron chi connectivity index (χ4n) is 2.89. The van der Waals surface area contributed by atoms with Crippen molar-refractivity contribution in [2.75, 3.05) is 13.1 Å². The van der Waals surface area contributed by atoms with Crippen molar-refractivity contribution in [2.45, 2.75) is 31.4 Å². The van der Waals surface area contributed by atoms with E-state index in [0.29, 0.717) is 23.1 Å². The van der Waals surface area contributed by atoms with Gasteiger partial charge in [0.15, 0.2) is 0 Å². The number of alkyl halides is 2. The lowest BCUT2D eigenvalue weighted by molar-refractivity contribution is -0.110. The summed E-state index contributed by atoms with van der Waals surface area (Å²) >= 11 is -0.307. The number of aldehydes is 1. The number of rotatable bonds is 7. The standard InChI is InChI=1S/C18H19F2IN4O2/c1-12-15(4-6-23-16(12)3-5-21-2)17(27)24-13(10-26)9-25-11-18(19,20)7-14(25)8-22/h3-6,10,13-14H,2,7,9,11H2,1H3,(H,24,27)/b5-3-/t13?,14-/m0/s1. The molecule has 1 fully saturated rings.